The van der Waals surface area contributed by atoms with E-state index in [9.17, 15) is 19.7 Å². The first-order chi connectivity index (χ1) is 15.9. The molecule has 1 N–H and O–H groups in total. The van der Waals surface area contributed by atoms with E-state index < -0.39 is 10.8 Å². The smallest absolute Gasteiger partial charge is 0.282 e. The summed E-state index contributed by atoms with van der Waals surface area (Å²) in [6, 6.07) is 19.9. The number of nitro groups is 1. The molecule has 0 bridgehead atoms. The Morgan fingerprint density at radius 3 is 2.21 bits per heavy atom. The zero-order valence-electron chi connectivity index (χ0n) is 17.6. The summed E-state index contributed by atoms with van der Waals surface area (Å²) in [5.41, 5.74) is 1.68. The average molecular weight is 465 g/mol. The van der Waals surface area contributed by atoms with Crippen molar-refractivity contribution in [2.45, 2.75) is 0 Å². The van der Waals surface area contributed by atoms with Crippen LogP contribution in [0.5, 0.6) is 0 Å². The highest BCUT2D eigenvalue weighted by Gasteiger charge is 2.25. The van der Waals surface area contributed by atoms with Crippen molar-refractivity contribution in [2.24, 2.45) is 0 Å². The van der Waals surface area contributed by atoms with Crippen molar-refractivity contribution < 1.29 is 14.5 Å². The molecule has 0 spiro atoms. The van der Waals surface area contributed by atoms with Crippen LogP contribution in [0.1, 0.15) is 20.7 Å². The van der Waals surface area contributed by atoms with E-state index in [1.165, 1.54) is 18.2 Å². The van der Waals surface area contributed by atoms with Gasteiger partial charge in [-0.25, -0.2) is 0 Å². The highest BCUT2D eigenvalue weighted by atomic mass is 35.5. The molecular formula is C24H21ClN4O4. The van der Waals surface area contributed by atoms with E-state index in [0.29, 0.717) is 42.5 Å². The maximum Gasteiger partial charge on any atom is 0.282 e. The van der Waals surface area contributed by atoms with Gasteiger partial charge in [-0.2, -0.15) is 0 Å². The van der Waals surface area contributed by atoms with E-state index in [2.05, 4.69) is 10.2 Å². The first-order valence-electron chi connectivity index (χ1n) is 10.4. The fourth-order valence-electron chi connectivity index (χ4n) is 3.80. The van der Waals surface area contributed by atoms with Gasteiger partial charge in [0.1, 0.15) is 5.56 Å². The Morgan fingerprint density at radius 1 is 0.879 bits per heavy atom. The number of para-hydroxylation sites is 3. The molecule has 2 amide bonds. The normalized spacial score (nSPS) is 13.5. The molecule has 33 heavy (non-hydrogen) atoms. The number of nitrogens with zero attached hydrogens (tertiary/aromatic N) is 3. The molecule has 9 heteroatoms. The predicted molar refractivity (Wildman–Crippen MR) is 127 cm³/mol. The lowest BCUT2D eigenvalue weighted by Crippen LogP contribution is -2.49. The van der Waals surface area contributed by atoms with Crippen LogP contribution in [0.15, 0.2) is 72.8 Å². The van der Waals surface area contributed by atoms with Crippen molar-refractivity contribution in [2.75, 3.05) is 36.4 Å². The van der Waals surface area contributed by atoms with E-state index in [1.54, 1.807) is 47.4 Å². The number of halogens is 1. The van der Waals surface area contributed by atoms with Gasteiger partial charge in [0.05, 0.1) is 16.3 Å². The monoisotopic (exact) mass is 464 g/mol. The maximum absolute atomic E-state index is 12.8. The van der Waals surface area contributed by atoms with Crippen LogP contribution in [0.3, 0.4) is 0 Å². The van der Waals surface area contributed by atoms with Crippen LogP contribution in [-0.2, 0) is 0 Å². The fourth-order valence-corrected chi connectivity index (χ4v) is 3.92. The summed E-state index contributed by atoms with van der Waals surface area (Å²) in [6.45, 7) is 2.21. The first-order valence-corrected chi connectivity index (χ1v) is 10.8. The van der Waals surface area contributed by atoms with Gasteiger partial charge in [-0.15, -0.1) is 0 Å². The average Bonchev–Trinajstić information content (AvgIpc) is 2.84. The van der Waals surface area contributed by atoms with Gasteiger partial charge in [0, 0.05) is 42.8 Å². The molecule has 0 radical (unpaired) electrons. The molecule has 3 aromatic carbocycles. The first kappa shape index (κ1) is 22.3. The van der Waals surface area contributed by atoms with Crippen LogP contribution >= 0.6 is 11.6 Å². The van der Waals surface area contributed by atoms with E-state index in [4.69, 9.17) is 11.6 Å². The minimum atomic E-state index is -0.572. The van der Waals surface area contributed by atoms with Gasteiger partial charge < -0.3 is 15.1 Å². The molecule has 1 saturated heterocycles. The van der Waals surface area contributed by atoms with Crippen molar-refractivity contribution in [3.05, 3.63) is 99.1 Å². The minimum Gasteiger partial charge on any atom is -0.366 e. The number of benzene rings is 3. The maximum atomic E-state index is 12.8. The standard InChI is InChI=1S/C24H21ClN4O4/c25-18-11-9-17(10-12-18)24(31)28-15-13-27(14-16-28)22-8-4-2-6-20(22)26-23(30)19-5-1-3-7-21(19)29(32)33/h1-12H,13-16H2,(H,26,30). The summed E-state index contributed by atoms with van der Waals surface area (Å²) in [7, 11) is 0. The fraction of sp³-hybridized carbons (Fsp3) is 0.167. The Kier molecular flexibility index (Phi) is 6.55. The molecular weight excluding hydrogens is 444 g/mol. The molecule has 1 aliphatic heterocycles. The van der Waals surface area contributed by atoms with Crippen LogP contribution in [-0.4, -0.2) is 47.8 Å². The van der Waals surface area contributed by atoms with Gasteiger partial charge in [0.15, 0.2) is 0 Å². The zero-order valence-corrected chi connectivity index (χ0v) is 18.4. The Morgan fingerprint density at radius 2 is 1.52 bits per heavy atom. The quantitative estimate of drug-likeness (QED) is 0.444. The summed E-state index contributed by atoms with van der Waals surface area (Å²) in [6.07, 6.45) is 0. The third kappa shape index (κ3) is 4.96. The lowest BCUT2D eigenvalue weighted by atomic mass is 10.1. The third-order valence-corrected chi connectivity index (χ3v) is 5.75. The minimum absolute atomic E-state index is 0.00400. The number of carbonyl (C=O) groups excluding carboxylic acids is 2. The van der Waals surface area contributed by atoms with Crippen molar-refractivity contribution in [1.82, 2.24) is 4.90 Å². The number of amides is 2. The van der Waals surface area contributed by atoms with Crippen LogP contribution in [0.25, 0.3) is 0 Å². The molecule has 0 aliphatic carbocycles. The van der Waals surface area contributed by atoms with Crippen LogP contribution in [0.4, 0.5) is 17.1 Å². The molecule has 3 aromatic rings. The molecule has 1 aliphatic rings. The predicted octanol–water partition coefficient (Wildman–Crippen LogP) is 4.46. The van der Waals surface area contributed by atoms with Gasteiger partial charge in [0.2, 0.25) is 0 Å². The number of piperazine rings is 1. The molecule has 1 fully saturated rings. The highest BCUT2D eigenvalue weighted by molar-refractivity contribution is 6.30. The molecule has 168 valence electrons. The summed E-state index contributed by atoms with van der Waals surface area (Å²) in [5, 5.41) is 14.7. The number of anilines is 2. The van der Waals surface area contributed by atoms with Gasteiger partial charge in [-0.3, -0.25) is 19.7 Å². The number of hydrogen-bond donors (Lipinski definition) is 1. The van der Waals surface area contributed by atoms with Crippen molar-refractivity contribution in [3.8, 4) is 0 Å². The molecule has 0 aromatic heterocycles. The summed E-state index contributed by atoms with van der Waals surface area (Å²) < 4.78 is 0. The number of nitrogens with one attached hydrogen (secondary N) is 1. The van der Waals surface area contributed by atoms with Gasteiger partial charge in [-0.05, 0) is 42.5 Å². The van der Waals surface area contributed by atoms with Gasteiger partial charge >= 0.3 is 0 Å². The second-order valence-electron chi connectivity index (χ2n) is 7.53. The number of nitro benzene ring substituents is 1. The largest absolute Gasteiger partial charge is 0.366 e. The second kappa shape index (κ2) is 9.70. The summed E-state index contributed by atoms with van der Waals surface area (Å²) >= 11 is 5.91. The number of carbonyl (C=O) groups is 2. The van der Waals surface area contributed by atoms with Gasteiger partial charge in [0.25, 0.3) is 17.5 Å². The molecule has 1 heterocycles. The van der Waals surface area contributed by atoms with Gasteiger partial charge in [-0.1, -0.05) is 35.9 Å². The van der Waals surface area contributed by atoms with E-state index in [1.807, 2.05) is 12.1 Å². The zero-order chi connectivity index (χ0) is 23.4. The van der Waals surface area contributed by atoms with E-state index in [-0.39, 0.29) is 17.2 Å². The van der Waals surface area contributed by atoms with E-state index in [0.717, 1.165) is 5.69 Å². The van der Waals surface area contributed by atoms with Crippen LogP contribution < -0.4 is 10.2 Å². The summed E-state index contributed by atoms with van der Waals surface area (Å²) in [5.74, 6) is -0.601. The summed E-state index contributed by atoms with van der Waals surface area (Å²) in [4.78, 5) is 40.1. The molecule has 8 nitrogen and oxygen atoms in total. The lowest BCUT2D eigenvalue weighted by molar-refractivity contribution is -0.385. The Labute approximate surface area is 195 Å². The molecule has 0 atom stereocenters. The SMILES string of the molecule is O=C(Nc1ccccc1N1CCN(C(=O)c2ccc(Cl)cc2)CC1)c1ccccc1[N+](=O)[O-]. The lowest BCUT2D eigenvalue weighted by Gasteiger charge is -2.37. The van der Waals surface area contributed by atoms with Crippen LogP contribution in [0.2, 0.25) is 5.02 Å². The molecule has 0 saturated carbocycles. The Bertz CT molecular complexity index is 1190. The second-order valence-corrected chi connectivity index (χ2v) is 7.97. The van der Waals surface area contributed by atoms with Crippen LogP contribution in [0, 0.1) is 10.1 Å². The van der Waals surface area contributed by atoms with Crippen molar-refractivity contribution in [3.63, 3.8) is 0 Å². The number of hydrogen-bond acceptors (Lipinski definition) is 5. The molecule has 4 rings (SSSR count). The van der Waals surface area contributed by atoms with Crippen molar-refractivity contribution >= 4 is 40.5 Å². The topological polar surface area (TPSA) is 95.8 Å². The van der Waals surface area contributed by atoms with E-state index >= 15 is 0 Å². The highest BCUT2D eigenvalue weighted by Crippen LogP contribution is 2.28. The molecule has 0 unspecified atom stereocenters. The van der Waals surface area contributed by atoms with Crippen molar-refractivity contribution in [1.29, 1.82) is 0 Å². The number of rotatable bonds is 5. The Hall–Kier alpha value is -3.91. The Balaban J connectivity index is 1.46. The third-order valence-electron chi connectivity index (χ3n) is 5.50.